The maximum Gasteiger partial charge on any atom is 0.185 e. The van der Waals surface area contributed by atoms with Crippen molar-refractivity contribution in [1.82, 2.24) is 4.98 Å². The number of rotatable bonds is 5. The Balaban J connectivity index is 1.50. The summed E-state index contributed by atoms with van der Waals surface area (Å²) in [7, 11) is -1.98. The highest BCUT2D eigenvalue weighted by Gasteiger charge is 2.34. The van der Waals surface area contributed by atoms with E-state index in [4.69, 9.17) is 9.72 Å². The molecule has 1 aromatic heterocycles. The van der Waals surface area contributed by atoms with Gasteiger partial charge in [0.25, 0.3) is 0 Å². The maximum atomic E-state index is 13.3. The van der Waals surface area contributed by atoms with Crippen LogP contribution in [0.2, 0.25) is 0 Å². The van der Waals surface area contributed by atoms with Crippen LogP contribution in [0.25, 0.3) is 11.3 Å². The predicted octanol–water partition coefficient (Wildman–Crippen LogP) is 5.64. The summed E-state index contributed by atoms with van der Waals surface area (Å²) in [5, 5.41) is 2.61. The van der Waals surface area contributed by atoms with Crippen LogP contribution in [0.5, 0.6) is 5.75 Å². The summed E-state index contributed by atoms with van der Waals surface area (Å²) in [4.78, 5) is 7.32. The van der Waals surface area contributed by atoms with Crippen LogP contribution in [0, 0.1) is 13.8 Å². The SMILES string of the molecule is COc1ccc(Br)cc1S(=O)(=O)C1CCN(c2nc(-c3cc(C)ccc3C)cs2)CC1. The highest BCUT2D eigenvalue weighted by atomic mass is 79.9. The van der Waals surface area contributed by atoms with Crippen molar-refractivity contribution in [1.29, 1.82) is 0 Å². The fraction of sp³-hybridized carbons (Fsp3) is 0.348. The number of nitrogens with zero attached hydrogens (tertiary/aromatic N) is 2. The summed E-state index contributed by atoms with van der Waals surface area (Å²) in [5.74, 6) is 0.392. The lowest BCUT2D eigenvalue weighted by Crippen LogP contribution is -2.39. The van der Waals surface area contributed by atoms with Gasteiger partial charge in [-0.25, -0.2) is 13.4 Å². The van der Waals surface area contributed by atoms with Crippen molar-refractivity contribution in [3.05, 3.63) is 57.4 Å². The standard InChI is InChI=1S/C23H25BrN2O3S2/c1-15-4-5-16(2)19(12-15)20-14-30-23(25-20)26-10-8-18(9-11-26)31(27,28)22-13-17(24)6-7-21(22)29-3/h4-7,12-14,18H,8-11H2,1-3H3. The van der Waals surface area contributed by atoms with Gasteiger partial charge in [0.2, 0.25) is 0 Å². The summed E-state index contributed by atoms with van der Waals surface area (Å²) < 4.78 is 32.6. The molecule has 2 heterocycles. The minimum absolute atomic E-state index is 0.259. The van der Waals surface area contributed by atoms with E-state index in [1.165, 1.54) is 18.2 Å². The van der Waals surface area contributed by atoms with Crippen LogP contribution >= 0.6 is 27.3 Å². The number of ether oxygens (including phenoxy) is 1. The Hall–Kier alpha value is -1.90. The van der Waals surface area contributed by atoms with E-state index in [1.54, 1.807) is 29.5 Å². The quantitative estimate of drug-likeness (QED) is 0.435. The molecule has 1 aliphatic heterocycles. The van der Waals surface area contributed by atoms with Crippen LogP contribution in [0.15, 0.2) is 51.1 Å². The molecule has 5 nitrogen and oxygen atoms in total. The van der Waals surface area contributed by atoms with Gasteiger partial charge in [0, 0.05) is 28.5 Å². The van der Waals surface area contributed by atoms with E-state index in [9.17, 15) is 8.42 Å². The number of anilines is 1. The third-order valence-electron chi connectivity index (χ3n) is 5.74. The lowest BCUT2D eigenvalue weighted by atomic mass is 10.0. The number of halogens is 1. The second kappa shape index (κ2) is 8.92. The van der Waals surface area contributed by atoms with E-state index in [1.807, 2.05) is 0 Å². The zero-order valence-corrected chi connectivity index (χ0v) is 21.0. The molecule has 1 fully saturated rings. The van der Waals surface area contributed by atoms with Gasteiger partial charge in [-0.2, -0.15) is 0 Å². The topological polar surface area (TPSA) is 59.5 Å². The van der Waals surface area contributed by atoms with E-state index in [0.29, 0.717) is 31.7 Å². The number of aromatic nitrogens is 1. The largest absolute Gasteiger partial charge is 0.495 e. The minimum atomic E-state index is -3.48. The van der Waals surface area contributed by atoms with Gasteiger partial charge < -0.3 is 9.64 Å². The number of hydrogen-bond acceptors (Lipinski definition) is 6. The molecular weight excluding hydrogens is 496 g/mol. The van der Waals surface area contributed by atoms with Crippen LogP contribution in [0.4, 0.5) is 5.13 Å². The molecule has 0 radical (unpaired) electrons. The van der Waals surface area contributed by atoms with E-state index in [0.717, 1.165) is 20.9 Å². The lowest BCUT2D eigenvalue weighted by Gasteiger charge is -2.31. The molecule has 2 aromatic carbocycles. The molecule has 0 unspecified atom stereocenters. The second-order valence-electron chi connectivity index (χ2n) is 7.86. The normalized spacial score (nSPS) is 15.3. The number of piperidine rings is 1. The van der Waals surface area contributed by atoms with Gasteiger partial charge in [-0.3, -0.25) is 0 Å². The van der Waals surface area contributed by atoms with Gasteiger partial charge in [-0.05, 0) is 56.5 Å². The van der Waals surface area contributed by atoms with Crippen molar-refractivity contribution in [2.24, 2.45) is 0 Å². The molecule has 8 heteroatoms. The molecule has 1 aliphatic rings. The van der Waals surface area contributed by atoms with Gasteiger partial charge in [-0.1, -0.05) is 33.6 Å². The summed E-state index contributed by atoms with van der Waals surface area (Å²) in [5.41, 5.74) is 4.55. The van der Waals surface area contributed by atoms with Crippen LogP contribution in [-0.4, -0.2) is 38.9 Å². The van der Waals surface area contributed by atoms with E-state index in [-0.39, 0.29) is 4.90 Å². The average Bonchev–Trinajstić information content (AvgIpc) is 3.25. The van der Waals surface area contributed by atoms with Crippen LogP contribution in [-0.2, 0) is 9.84 Å². The fourth-order valence-corrected chi connectivity index (χ4v) is 7.26. The first kappa shape index (κ1) is 22.3. The third kappa shape index (κ3) is 4.52. The molecule has 1 saturated heterocycles. The third-order valence-corrected chi connectivity index (χ3v) is 9.42. The van der Waals surface area contributed by atoms with Crippen LogP contribution in [0.1, 0.15) is 24.0 Å². The molecule has 0 spiro atoms. The molecule has 3 aromatic rings. The molecular formula is C23H25BrN2O3S2. The van der Waals surface area contributed by atoms with Gasteiger partial charge in [0.05, 0.1) is 18.1 Å². The van der Waals surface area contributed by atoms with Crippen molar-refractivity contribution >= 4 is 42.2 Å². The maximum absolute atomic E-state index is 13.3. The average molecular weight is 522 g/mol. The van der Waals surface area contributed by atoms with Crippen LogP contribution in [0.3, 0.4) is 0 Å². The van der Waals surface area contributed by atoms with Gasteiger partial charge in [0.1, 0.15) is 10.6 Å². The Labute approximate surface area is 196 Å². The summed E-state index contributed by atoms with van der Waals surface area (Å²) in [6.45, 7) is 5.52. The number of thiazole rings is 1. The first-order valence-corrected chi connectivity index (χ1v) is 13.4. The monoisotopic (exact) mass is 520 g/mol. The minimum Gasteiger partial charge on any atom is -0.495 e. The van der Waals surface area contributed by atoms with Gasteiger partial charge in [0.15, 0.2) is 15.0 Å². The molecule has 0 amide bonds. The van der Waals surface area contributed by atoms with Gasteiger partial charge >= 0.3 is 0 Å². The van der Waals surface area contributed by atoms with E-state index >= 15 is 0 Å². The zero-order valence-electron chi connectivity index (χ0n) is 17.8. The summed E-state index contributed by atoms with van der Waals surface area (Å²) in [6, 6.07) is 11.5. The second-order valence-corrected chi connectivity index (χ2v) is 11.8. The number of hydrogen-bond donors (Lipinski definition) is 0. The van der Waals surface area contributed by atoms with Crippen molar-refractivity contribution in [3.8, 4) is 17.0 Å². The number of aryl methyl sites for hydroxylation is 2. The van der Waals surface area contributed by atoms with Crippen molar-refractivity contribution in [2.45, 2.75) is 36.8 Å². The molecule has 0 atom stereocenters. The summed E-state index contributed by atoms with van der Waals surface area (Å²) >= 11 is 5.00. The molecule has 4 rings (SSSR count). The molecule has 0 N–H and O–H groups in total. The molecule has 31 heavy (non-hydrogen) atoms. The molecule has 0 aliphatic carbocycles. The molecule has 164 valence electrons. The number of benzene rings is 2. The van der Waals surface area contributed by atoms with Gasteiger partial charge in [-0.15, -0.1) is 11.3 Å². The Kier molecular flexibility index (Phi) is 6.42. The first-order valence-electron chi connectivity index (χ1n) is 10.1. The van der Waals surface area contributed by atoms with E-state index in [2.05, 4.69) is 58.3 Å². The Morgan fingerprint density at radius 1 is 1.13 bits per heavy atom. The number of methoxy groups -OCH3 is 1. The lowest BCUT2D eigenvalue weighted by molar-refractivity contribution is 0.401. The predicted molar refractivity (Wildman–Crippen MR) is 130 cm³/mol. The smallest absolute Gasteiger partial charge is 0.185 e. The Bertz CT molecular complexity index is 1200. The van der Waals surface area contributed by atoms with Crippen molar-refractivity contribution in [3.63, 3.8) is 0 Å². The molecule has 0 bridgehead atoms. The van der Waals surface area contributed by atoms with Crippen molar-refractivity contribution in [2.75, 3.05) is 25.1 Å². The van der Waals surface area contributed by atoms with Crippen molar-refractivity contribution < 1.29 is 13.2 Å². The highest BCUT2D eigenvalue weighted by molar-refractivity contribution is 9.10. The number of sulfone groups is 1. The van der Waals surface area contributed by atoms with Crippen LogP contribution < -0.4 is 9.64 Å². The Morgan fingerprint density at radius 2 is 1.87 bits per heavy atom. The Morgan fingerprint density at radius 3 is 2.58 bits per heavy atom. The molecule has 0 saturated carbocycles. The first-order chi connectivity index (χ1) is 14.8. The highest BCUT2D eigenvalue weighted by Crippen LogP contribution is 2.35. The van der Waals surface area contributed by atoms with E-state index < -0.39 is 15.1 Å². The summed E-state index contributed by atoms with van der Waals surface area (Å²) in [6.07, 6.45) is 1.13. The fourth-order valence-electron chi connectivity index (χ4n) is 3.95. The zero-order chi connectivity index (χ0) is 22.2.